The van der Waals surface area contributed by atoms with E-state index in [9.17, 15) is 14.5 Å². The molecule has 21 heavy (non-hydrogen) atoms. The van der Waals surface area contributed by atoms with Crippen LogP contribution in [0.15, 0.2) is 28.9 Å². The first kappa shape index (κ1) is 15.1. The summed E-state index contributed by atoms with van der Waals surface area (Å²) in [7, 11) is 0. The molecule has 0 bridgehead atoms. The summed E-state index contributed by atoms with van der Waals surface area (Å²) >= 11 is 3.13. The Morgan fingerprint density at radius 2 is 2.29 bits per heavy atom. The highest BCUT2D eigenvalue weighted by atomic mass is 79.9. The number of halogens is 2. The molecule has 110 valence electrons. The van der Waals surface area contributed by atoms with Gasteiger partial charge in [-0.05, 0) is 19.1 Å². The van der Waals surface area contributed by atoms with Crippen LogP contribution in [0.3, 0.4) is 0 Å². The number of nitro benzene ring substituents is 1. The number of hydrogen-bond donors (Lipinski definition) is 1. The summed E-state index contributed by atoms with van der Waals surface area (Å²) in [5.74, 6) is -1.13. The third-order valence-corrected chi connectivity index (χ3v) is 2.86. The highest BCUT2D eigenvalue weighted by Crippen LogP contribution is 2.33. The average molecular weight is 357 g/mol. The van der Waals surface area contributed by atoms with Crippen LogP contribution in [0.25, 0.3) is 0 Å². The molecule has 0 aliphatic heterocycles. The van der Waals surface area contributed by atoms with Crippen LogP contribution in [0.4, 0.5) is 16.0 Å². The second-order valence-corrected chi connectivity index (χ2v) is 4.76. The van der Waals surface area contributed by atoms with Gasteiger partial charge in [0.1, 0.15) is 0 Å². The van der Waals surface area contributed by atoms with E-state index in [1.165, 1.54) is 12.1 Å². The summed E-state index contributed by atoms with van der Waals surface area (Å²) in [4.78, 5) is 17.9. The van der Waals surface area contributed by atoms with Crippen molar-refractivity contribution in [3.63, 3.8) is 0 Å². The topological polar surface area (TPSA) is 90.2 Å². The zero-order valence-electron chi connectivity index (χ0n) is 10.8. The van der Waals surface area contributed by atoms with Crippen LogP contribution in [-0.4, -0.2) is 21.4 Å². The molecular weight excluding hydrogens is 347 g/mol. The van der Waals surface area contributed by atoms with Crippen molar-refractivity contribution in [2.45, 2.75) is 6.92 Å². The molecule has 0 saturated carbocycles. The fraction of sp³-hybridized carbons (Fsp3) is 0.167. The monoisotopic (exact) mass is 356 g/mol. The number of benzene rings is 1. The van der Waals surface area contributed by atoms with Crippen LogP contribution in [0.2, 0.25) is 0 Å². The Morgan fingerprint density at radius 1 is 1.52 bits per heavy atom. The number of nitro groups is 1. The summed E-state index contributed by atoms with van der Waals surface area (Å²) in [5.41, 5.74) is -0.299. The molecule has 1 N–H and O–H groups in total. The third-order valence-electron chi connectivity index (χ3n) is 2.37. The molecule has 1 aromatic heterocycles. The quantitative estimate of drug-likeness (QED) is 0.651. The van der Waals surface area contributed by atoms with E-state index in [1.54, 1.807) is 6.07 Å². The zero-order valence-corrected chi connectivity index (χ0v) is 12.4. The van der Waals surface area contributed by atoms with Crippen LogP contribution in [0.1, 0.15) is 6.92 Å². The summed E-state index contributed by atoms with van der Waals surface area (Å²) in [6.07, 6.45) is 0.936. The van der Waals surface area contributed by atoms with Gasteiger partial charge in [0.05, 0.1) is 11.1 Å². The number of aromatic nitrogens is 2. The third kappa shape index (κ3) is 3.63. The van der Waals surface area contributed by atoms with E-state index in [4.69, 9.17) is 4.74 Å². The fourth-order valence-corrected chi connectivity index (χ4v) is 1.84. The Morgan fingerprint density at radius 3 is 2.95 bits per heavy atom. The van der Waals surface area contributed by atoms with Crippen molar-refractivity contribution in [2.24, 2.45) is 0 Å². The van der Waals surface area contributed by atoms with E-state index in [0.717, 1.165) is 6.20 Å². The van der Waals surface area contributed by atoms with Crippen molar-refractivity contribution in [2.75, 3.05) is 11.9 Å². The lowest BCUT2D eigenvalue weighted by Gasteiger charge is -2.08. The lowest BCUT2D eigenvalue weighted by atomic mass is 10.3. The number of hydrogen-bond acceptors (Lipinski definition) is 6. The van der Waals surface area contributed by atoms with E-state index < -0.39 is 10.7 Å². The Labute approximate surface area is 127 Å². The molecule has 0 amide bonds. The van der Waals surface area contributed by atoms with Gasteiger partial charge in [0.15, 0.2) is 0 Å². The van der Waals surface area contributed by atoms with Crippen molar-refractivity contribution in [3.8, 4) is 11.6 Å². The Kier molecular flexibility index (Phi) is 4.63. The fourth-order valence-electron chi connectivity index (χ4n) is 1.49. The minimum absolute atomic E-state index is 0.108. The molecule has 2 aromatic rings. The predicted molar refractivity (Wildman–Crippen MR) is 77.0 cm³/mol. The number of nitrogens with zero attached hydrogens (tertiary/aromatic N) is 3. The standard InChI is InChI=1S/C12H10BrFN4O3/c1-2-15-12-16-6-8(14)11(17-12)21-10-4-3-7(13)5-9(10)18(19)20/h3-6H,2H2,1H3,(H,15,16,17). The molecule has 7 nitrogen and oxygen atoms in total. The van der Waals surface area contributed by atoms with Gasteiger partial charge >= 0.3 is 5.69 Å². The van der Waals surface area contributed by atoms with Crippen LogP contribution in [0, 0.1) is 15.9 Å². The summed E-state index contributed by atoms with van der Waals surface area (Å²) in [5, 5.41) is 13.8. The summed E-state index contributed by atoms with van der Waals surface area (Å²) in [6.45, 7) is 2.37. The van der Waals surface area contributed by atoms with Crippen LogP contribution < -0.4 is 10.1 Å². The van der Waals surface area contributed by atoms with Crippen molar-refractivity contribution in [1.82, 2.24) is 9.97 Å². The lowest BCUT2D eigenvalue weighted by Crippen LogP contribution is -2.04. The van der Waals surface area contributed by atoms with Gasteiger partial charge in [-0.15, -0.1) is 0 Å². The molecule has 0 fully saturated rings. The van der Waals surface area contributed by atoms with Crippen LogP contribution in [0.5, 0.6) is 11.6 Å². The molecule has 1 heterocycles. The summed E-state index contributed by atoms with van der Waals surface area (Å²) in [6, 6.07) is 4.17. The van der Waals surface area contributed by atoms with Crippen molar-refractivity contribution < 1.29 is 14.1 Å². The second-order valence-electron chi connectivity index (χ2n) is 3.85. The van der Waals surface area contributed by atoms with E-state index in [-0.39, 0.29) is 23.3 Å². The van der Waals surface area contributed by atoms with Gasteiger partial charge in [-0.25, -0.2) is 4.98 Å². The maximum absolute atomic E-state index is 13.7. The van der Waals surface area contributed by atoms with Gasteiger partial charge in [-0.2, -0.15) is 9.37 Å². The smallest absolute Gasteiger partial charge is 0.312 e. The SMILES string of the molecule is CCNc1ncc(F)c(Oc2ccc(Br)cc2[N+](=O)[O-])n1. The molecule has 0 spiro atoms. The van der Waals surface area contributed by atoms with E-state index in [2.05, 4.69) is 31.2 Å². The van der Waals surface area contributed by atoms with Crippen LogP contribution >= 0.6 is 15.9 Å². The first-order valence-electron chi connectivity index (χ1n) is 5.89. The number of anilines is 1. The minimum Gasteiger partial charge on any atom is -0.429 e. The van der Waals surface area contributed by atoms with Crippen molar-refractivity contribution in [1.29, 1.82) is 0 Å². The Bertz CT molecular complexity index is 684. The lowest BCUT2D eigenvalue weighted by molar-refractivity contribution is -0.385. The first-order chi connectivity index (χ1) is 10.0. The maximum atomic E-state index is 13.7. The molecule has 1 aromatic carbocycles. The van der Waals surface area contributed by atoms with Crippen molar-refractivity contribution in [3.05, 3.63) is 44.8 Å². The van der Waals surface area contributed by atoms with Gasteiger partial charge in [-0.1, -0.05) is 15.9 Å². The number of ether oxygens (including phenoxy) is 1. The largest absolute Gasteiger partial charge is 0.429 e. The molecule has 0 saturated heterocycles. The molecule has 0 aliphatic carbocycles. The first-order valence-corrected chi connectivity index (χ1v) is 6.68. The van der Waals surface area contributed by atoms with Gasteiger partial charge < -0.3 is 10.1 Å². The molecule has 0 unspecified atom stereocenters. The minimum atomic E-state index is -0.811. The normalized spacial score (nSPS) is 10.2. The summed E-state index contributed by atoms with van der Waals surface area (Å²) < 4.78 is 19.4. The van der Waals surface area contributed by atoms with Crippen LogP contribution in [-0.2, 0) is 0 Å². The molecular formula is C12H10BrFN4O3. The van der Waals surface area contributed by atoms with Gasteiger partial charge in [0.2, 0.25) is 17.5 Å². The van der Waals surface area contributed by atoms with Gasteiger partial charge in [-0.3, -0.25) is 10.1 Å². The average Bonchev–Trinajstić information content (AvgIpc) is 2.44. The molecule has 0 atom stereocenters. The van der Waals surface area contributed by atoms with E-state index in [0.29, 0.717) is 11.0 Å². The predicted octanol–water partition coefficient (Wildman–Crippen LogP) is 3.51. The zero-order chi connectivity index (χ0) is 15.4. The number of rotatable bonds is 5. The molecule has 0 radical (unpaired) electrons. The molecule has 0 aliphatic rings. The maximum Gasteiger partial charge on any atom is 0.312 e. The Balaban J connectivity index is 2.38. The Hall–Kier alpha value is -2.29. The van der Waals surface area contributed by atoms with Crippen molar-refractivity contribution >= 4 is 27.6 Å². The van der Waals surface area contributed by atoms with E-state index in [1.807, 2.05) is 6.92 Å². The van der Waals surface area contributed by atoms with Gasteiger partial charge in [0, 0.05) is 17.1 Å². The second kappa shape index (κ2) is 6.44. The van der Waals surface area contributed by atoms with E-state index >= 15 is 0 Å². The van der Waals surface area contributed by atoms with Gasteiger partial charge in [0.25, 0.3) is 5.88 Å². The number of nitrogens with one attached hydrogen (secondary N) is 1. The molecule has 2 rings (SSSR count). The molecule has 9 heteroatoms. The highest BCUT2D eigenvalue weighted by molar-refractivity contribution is 9.10. The highest BCUT2D eigenvalue weighted by Gasteiger charge is 2.19.